The molecule has 1 amide bonds. The topological polar surface area (TPSA) is 59.0 Å². The highest BCUT2D eigenvalue weighted by molar-refractivity contribution is 5.98. The summed E-state index contributed by atoms with van der Waals surface area (Å²) in [6.07, 6.45) is -1.10. The summed E-state index contributed by atoms with van der Waals surface area (Å²) < 4.78 is 53.1. The summed E-state index contributed by atoms with van der Waals surface area (Å²) >= 11 is 0. The maximum absolute atomic E-state index is 13.9. The summed E-state index contributed by atoms with van der Waals surface area (Å²) in [6, 6.07) is 5.81. The molecular formula is C22H18F4N4O. The highest BCUT2D eigenvalue weighted by Crippen LogP contribution is 2.34. The van der Waals surface area contributed by atoms with Gasteiger partial charge in [0.15, 0.2) is 0 Å². The van der Waals surface area contributed by atoms with Gasteiger partial charge in [0.05, 0.1) is 17.5 Å². The predicted molar refractivity (Wildman–Crippen MR) is 105 cm³/mol. The van der Waals surface area contributed by atoms with Gasteiger partial charge in [-0.1, -0.05) is 6.92 Å². The zero-order valence-electron chi connectivity index (χ0n) is 16.7. The number of rotatable bonds is 3. The van der Waals surface area contributed by atoms with Gasteiger partial charge in [0.2, 0.25) is 0 Å². The number of amides is 1. The lowest BCUT2D eigenvalue weighted by Crippen LogP contribution is -2.34. The molecule has 3 heterocycles. The number of fused-ring (bicyclic) bond motifs is 1. The van der Waals surface area contributed by atoms with Gasteiger partial charge in [0.1, 0.15) is 11.5 Å². The molecule has 0 spiro atoms. The Morgan fingerprint density at radius 3 is 2.65 bits per heavy atom. The minimum absolute atomic E-state index is 0.109. The molecule has 160 valence electrons. The largest absolute Gasteiger partial charge is 0.416 e. The molecular weight excluding hydrogens is 412 g/mol. The van der Waals surface area contributed by atoms with Crippen molar-refractivity contribution in [2.24, 2.45) is 0 Å². The van der Waals surface area contributed by atoms with E-state index in [4.69, 9.17) is 0 Å². The van der Waals surface area contributed by atoms with Crippen molar-refractivity contribution < 1.29 is 22.4 Å². The van der Waals surface area contributed by atoms with Crippen LogP contribution < -0.4 is 0 Å². The molecule has 5 nitrogen and oxygen atoms in total. The van der Waals surface area contributed by atoms with Crippen LogP contribution in [0.25, 0.3) is 11.4 Å². The zero-order valence-corrected chi connectivity index (χ0v) is 16.7. The van der Waals surface area contributed by atoms with E-state index >= 15 is 0 Å². The molecule has 4 rings (SSSR count). The quantitative estimate of drug-likeness (QED) is 0.575. The van der Waals surface area contributed by atoms with Crippen molar-refractivity contribution in [3.63, 3.8) is 0 Å². The van der Waals surface area contributed by atoms with Crippen molar-refractivity contribution >= 4 is 5.91 Å². The van der Waals surface area contributed by atoms with Gasteiger partial charge >= 0.3 is 6.18 Å². The van der Waals surface area contributed by atoms with E-state index in [1.165, 1.54) is 12.4 Å². The van der Waals surface area contributed by atoms with Gasteiger partial charge in [-0.25, -0.2) is 4.39 Å². The van der Waals surface area contributed by atoms with E-state index in [2.05, 4.69) is 15.2 Å². The van der Waals surface area contributed by atoms with Crippen molar-refractivity contribution in [2.75, 3.05) is 13.6 Å². The second-order valence-corrected chi connectivity index (χ2v) is 7.53. The molecule has 0 aliphatic carbocycles. The minimum atomic E-state index is -4.65. The molecule has 1 aliphatic rings. The maximum atomic E-state index is 13.9. The Hall–Kier alpha value is -3.36. The van der Waals surface area contributed by atoms with Crippen LogP contribution >= 0.6 is 0 Å². The Morgan fingerprint density at radius 2 is 1.90 bits per heavy atom. The molecule has 0 fully saturated rings. The first-order valence-corrected chi connectivity index (χ1v) is 9.59. The number of carbonyl (C=O) groups excluding carboxylic acids is 1. The van der Waals surface area contributed by atoms with Gasteiger partial charge in [-0.3, -0.25) is 9.78 Å². The van der Waals surface area contributed by atoms with E-state index in [1.807, 2.05) is 0 Å². The highest BCUT2D eigenvalue weighted by atomic mass is 19.4. The third-order valence-corrected chi connectivity index (χ3v) is 5.50. The lowest BCUT2D eigenvalue weighted by molar-refractivity contribution is -0.137. The van der Waals surface area contributed by atoms with Crippen molar-refractivity contribution in [1.82, 2.24) is 20.1 Å². The number of nitrogens with zero attached hydrogens (tertiary/aromatic N) is 4. The number of hydrogen-bond acceptors (Lipinski definition) is 4. The molecule has 0 N–H and O–H groups in total. The molecule has 9 heteroatoms. The van der Waals surface area contributed by atoms with Gasteiger partial charge in [-0.05, 0) is 53.4 Å². The highest BCUT2D eigenvalue weighted by Gasteiger charge is 2.32. The van der Waals surface area contributed by atoms with E-state index in [9.17, 15) is 22.4 Å². The second kappa shape index (κ2) is 7.72. The number of aromatic nitrogens is 3. The molecule has 31 heavy (non-hydrogen) atoms. The Balaban J connectivity index is 1.74. The van der Waals surface area contributed by atoms with Crippen LogP contribution in [0.5, 0.6) is 0 Å². The lowest BCUT2D eigenvalue weighted by Gasteiger charge is -2.25. The molecule has 0 saturated heterocycles. The Labute approximate surface area is 175 Å². The van der Waals surface area contributed by atoms with E-state index < -0.39 is 23.5 Å². The van der Waals surface area contributed by atoms with Crippen LogP contribution in [0.4, 0.5) is 17.6 Å². The van der Waals surface area contributed by atoms with Crippen molar-refractivity contribution in [3.8, 4) is 11.4 Å². The number of benzene rings is 1. The van der Waals surface area contributed by atoms with Gasteiger partial charge in [-0.2, -0.15) is 18.3 Å². The molecule has 3 aromatic rings. The van der Waals surface area contributed by atoms with Gasteiger partial charge in [-0.15, -0.1) is 5.10 Å². The van der Waals surface area contributed by atoms with E-state index in [0.717, 1.165) is 17.7 Å². The number of hydrogen-bond donors (Lipinski definition) is 0. The Morgan fingerprint density at radius 1 is 1.13 bits per heavy atom. The van der Waals surface area contributed by atoms with Gasteiger partial charge in [0.25, 0.3) is 5.91 Å². The molecule has 1 aromatic carbocycles. The number of pyridine rings is 1. The van der Waals surface area contributed by atoms with E-state index in [-0.39, 0.29) is 11.5 Å². The van der Waals surface area contributed by atoms with Crippen molar-refractivity contribution in [2.45, 2.75) is 25.4 Å². The van der Waals surface area contributed by atoms with Crippen LogP contribution in [0.15, 0.2) is 42.7 Å². The summed E-state index contributed by atoms with van der Waals surface area (Å²) in [5.74, 6) is -1.64. The van der Waals surface area contributed by atoms with Crippen LogP contribution in [0.3, 0.4) is 0 Å². The molecule has 0 saturated carbocycles. The fourth-order valence-electron chi connectivity index (χ4n) is 3.71. The van der Waals surface area contributed by atoms with Crippen molar-refractivity contribution in [1.29, 1.82) is 0 Å². The van der Waals surface area contributed by atoms with Crippen LogP contribution in [0.2, 0.25) is 0 Å². The van der Waals surface area contributed by atoms with Gasteiger partial charge < -0.3 is 4.90 Å². The number of halogens is 4. The molecule has 1 aliphatic heterocycles. The van der Waals surface area contributed by atoms with Crippen LogP contribution in [-0.2, 0) is 12.6 Å². The summed E-state index contributed by atoms with van der Waals surface area (Å²) in [4.78, 5) is 18.4. The van der Waals surface area contributed by atoms with E-state index in [0.29, 0.717) is 41.5 Å². The zero-order chi connectivity index (χ0) is 22.3. The number of carbonyl (C=O) groups is 1. The average molecular weight is 430 g/mol. The maximum Gasteiger partial charge on any atom is 0.416 e. The molecule has 0 radical (unpaired) electrons. The third-order valence-electron chi connectivity index (χ3n) is 5.50. The first-order valence-electron chi connectivity index (χ1n) is 9.59. The summed E-state index contributed by atoms with van der Waals surface area (Å²) in [5.41, 5.74) is 1.90. The van der Waals surface area contributed by atoms with E-state index in [1.54, 1.807) is 31.0 Å². The van der Waals surface area contributed by atoms with Gasteiger partial charge in [0, 0.05) is 31.3 Å². The molecule has 1 atom stereocenters. The van der Waals surface area contributed by atoms with Crippen molar-refractivity contribution in [3.05, 3.63) is 76.4 Å². The predicted octanol–water partition coefficient (Wildman–Crippen LogP) is 4.48. The van der Waals surface area contributed by atoms with Crippen LogP contribution in [0, 0.1) is 5.82 Å². The SMILES string of the molecule is CC(c1cc(F)cc(C(F)(F)F)c1)c1cnnc(-c2nccc3c2CCN(C)C3=O)c1. The summed E-state index contributed by atoms with van der Waals surface area (Å²) in [6.45, 7) is 2.21. The summed E-state index contributed by atoms with van der Waals surface area (Å²) in [5, 5.41) is 8.10. The fraction of sp³-hybridized carbons (Fsp3) is 0.273. The normalized spacial score (nSPS) is 15.0. The Kier molecular flexibility index (Phi) is 5.20. The smallest absolute Gasteiger partial charge is 0.341 e. The Bertz CT molecular complexity index is 1160. The molecule has 2 aromatic heterocycles. The third kappa shape index (κ3) is 3.99. The lowest BCUT2D eigenvalue weighted by atomic mass is 9.91. The number of likely N-dealkylation sites (N-methyl/N-ethyl adjacent to an activating group) is 1. The standard InChI is InChI=1S/C22H18F4N4O/c1-12(13-7-15(22(24,25)26)10-16(23)8-13)14-9-19(29-28-11-14)20-17-4-6-30(2)21(31)18(17)3-5-27-20/h3,5,7-12H,4,6H2,1-2H3. The first kappa shape index (κ1) is 20.9. The molecule has 0 bridgehead atoms. The fourth-order valence-corrected chi connectivity index (χ4v) is 3.71. The van der Waals surface area contributed by atoms with Crippen LogP contribution in [-0.4, -0.2) is 39.6 Å². The first-order chi connectivity index (χ1) is 14.6. The molecule has 1 unspecified atom stereocenters. The van der Waals surface area contributed by atoms with Crippen LogP contribution in [0.1, 0.15) is 45.5 Å². The monoisotopic (exact) mass is 430 g/mol. The second-order valence-electron chi connectivity index (χ2n) is 7.53. The minimum Gasteiger partial charge on any atom is -0.341 e. The number of alkyl halides is 3. The summed E-state index contributed by atoms with van der Waals surface area (Å²) in [7, 11) is 1.72. The average Bonchev–Trinajstić information content (AvgIpc) is 2.74.